The molecule has 0 N–H and O–H groups in total. The van der Waals surface area contributed by atoms with Gasteiger partial charge in [0.25, 0.3) is 0 Å². The molecule has 0 saturated heterocycles. The van der Waals surface area contributed by atoms with Crippen LogP contribution in [0.15, 0.2) is 53.4 Å². The molecule has 104 valence electrons. The van der Waals surface area contributed by atoms with Crippen LogP contribution in [0, 0.1) is 0 Å². The van der Waals surface area contributed by atoms with E-state index in [1.807, 2.05) is 19.1 Å². The van der Waals surface area contributed by atoms with Crippen molar-refractivity contribution in [2.24, 2.45) is 0 Å². The molecule has 0 aromatic heterocycles. The molecule has 3 nitrogen and oxygen atoms in total. The van der Waals surface area contributed by atoms with Gasteiger partial charge in [-0.3, -0.25) is 4.79 Å². The smallest absolute Gasteiger partial charge is 0.193 e. The first-order valence-corrected chi connectivity index (χ1v) is 8.24. The van der Waals surface area contributed by atoms with Gasteiger partial charge in [0.2, 0.25) is 0 Å². The minimum Gasteiger partial charge on any atom is -0.289 e. The molecule has 0 bridgehead atoms. The minimum atomic E-state index is -3.30. The molecule has 2 aromatic rings. The summed E-state index contributed by atoms with van der Waals surface area (Å²) in [5, 5.41) is 0. The van der Waals surface area contributed by atoms with E-state index in [1.165, 1.54) is 12.1 Å². The van der Waals surface area contributed by atoms with Crippen LogP contribution in [0.4, 0.5) is 0 Å². The molecule has 0 aliphatic carbocycles. The maximum atomic E-state index is 12.3. The predicted molar refractivity (Wildman–Crippen MR) is 78.8 cm³/mol. The van der Waals surface area contributed by atoms with E-state index in [-0.39, 0.29) is 10.7 Å². The fourth-order valence-corrected chi connectivity index (χ4v) is 2.59. The molecule has 4 heteroatoms. The van der Waals surface area contributed by atoms with Crippen molar-refractivity contribution in [3.63, 3.8) is 0 Å². The molecule has 0 fully saturated rings. The highest BCUT2D eigenvalue weighted by molar-refractivity contribution is 7.90. The van der Waals surface area contributed by atoms with Crippen LogP contribution in [0.2, 0.25) is 0 Å². The van der Waals surface area contributed by atoms with E-state index >= 15 is 0 Å². The Labute approximate surface area is 119 Å². The van der Waals surface area contributed by atoms with E-state index in [2.05, 4.69) is 0 Å². The van der Waals surface area contributed by atoms with Crippen molar-refractivity contribution >= 4 is 15.6 Å². The normalized spacial score (nSPS) is 11.3. The maximum Gasteiger partial charge on any atom is 0.193 e. The lowest BCUT2D eigenvalue weighted by Crippen LogP contribution is -2.04. The molecule has 0 radical (unpaired) electrons. The SMILES string of the molecule is CCc1ccc(C(=O)c2cccc(S(C)(=O)=O)c2)cc1. The molecule has 0 spiro atoms. The van der Waals surface area contributed by atoms with Crippen molar-refractivity contribution in [1.29, 1.82) is 0 Å². The van der Waals surface area contributed by atoms with Gasteiger partial charge in [0.05, 0.1) is 4.90 Å². The monoisotopic (exact) mass is 288 g/mol. The lowest BCUT2D eigenvalue weighted by atomic mass is 10.0. The van der Waals surface area contributed by atoms with Crippen molar-refractivity contribution in [3.05, 3.63) is 65.2 Å². The Morgan fingerprint density at radius 2 is 1.65 bits per heavy atom. The second kappa shape index (κ2) is 5.59. The van der Waals surface area contributed by atoms with E-state index in [9.17, 15) is 13.2 Å². The zero-order valence-electron chi connectivity index (χ0n) is 11.5. The first-order chi connectivity index (χ1) is 9.41. The summed E-state index contributed by atoms with van der Waals surface area (Å²) in [6.07, 6.45) is 2.05. The van der Waals surface area contributed by atoms with Gasteiger partial charge in [-0.15, -0.1) is 0 Å². The lowest BCUT2D eigenvalue weighted by molar-refractivity contribution is 0.103. The fraction of sp³-hybridized carbons (Fsp3) is 0.188. The van der Waals surface area contributed by atoms with E-state index in [4.69, 9.17) is 0 Å². The summed E-state index contributed by atoms with van der Waals surface area (Å²) < 4.78 is 23.0. The number of carbonyl (C=O) groups is 1. The van der Waals surface area contributed by atoms with Crippen molar-refractivity contribution < 1.29 is 13.2 Å². The molecular formula is C16H16O3S. The summed E-state index contributed by atoms with van der Waals surface area (Å²) in [6.45, 7) is 2.05. The Balaban J connectivity index is 2.38. The van der Waals surface area contributed by atoms with Crippen LogP contribution in [-0.2, 0) is 16.3 Å². The van der Waals surface area contributed by atoms with E-state index in [1.54, 1.807) is 24.3 Å². The number of sulfone groups is 1. The number of benzene rings is 2. The largest absolute Gasteiger partial charge is 0.289 e. The predicted octanol–water partition coefficient (Wildman–Crippen LogP) is 2.88. The van der Waals surface area contributed by atoms with Gasteiger partial charge in [0.1, 0.15) is 0 Å². The fourth-order valence-electron chi connectivity index (χ4n) is 1.93. The number of hydrogen-bond donors (Lipinski definition) is 0. The summed E-state index contributed by atoms with van der Waals surface area (Å²) in [5.41, 5.74) is 2.11. The van der Waals surface area contributed by atoms with Gasteiger partial charge < -0.3 is 0 Å². The summed E-state index contributed by atoms with van der Waals surface area (Å²) in [6, 6.07) is 13.5. The highest BCUT2D eigenvalue weighted by Gasteiger charge is 2.13. The maximum absolute atomic E-state index is 12.3. The minimum absolute atomic E-state index is 0.161. The summed E-state index contributed by atoms with van der Waals surface area (Å²) in [4.78, 5) is 12.5. The van der Waals surface area contributed by atoms with Gasteiger partial charge in [-0.25, -0.2) is 8.42 Å². The van der Waals surface area contributed by atoms with Crippen LogP contribution in [0.5, 0.6) is 0 Å². The van der Waals surface area contributed by atoms with Crippen molar-refractivity contribution in [1.82, 2.24) is 0 Å². The molecule has 0 aliphatic heterocycles. The van der Waals surface area contributed by atoms with Gasteiger partial charge in [-0.2, -0.15) is 0 Å². The van der Waals surface area contributed by atoms with Crippen LogP contribution in [-0.4, -0.2) is 20.5 Å². The Morgan fingerprint density at radius 1 is 1.00 bits per heavy atom. The van der Waals surface area contributed by atoms with Gasteiger partial charge in [0, 0.05) is 17.4 Å². The Morgan fingerprint density at radius 3 is 2.20 bits per heavy atom. The quantitative estimate of drug-likeness (QED) is 0.813. The number of rotatable bonds is 4. The molecule has 20 heavy (non-hydrogen) atoms. The average Bonchev–Trinajstić information content (AvgIpc) is 2.46. The third-order valence-electron chi connectivity index (χ3n) is 3.15. The number of carbonyl (C=O) groups excluding carboxylic acids is 1. The Kier molecular flexibility index (Phi) is 4.04. The average molecular weight is 288 g/mol. The van der Waals surface area contributed by atoms with Crippen molar-refractivity contribution in [2.45, 2.75) is 18.2 Å². The van der Waals surface area contributed by atoms with Crippen molar-refractivity contribution in [3.8, 4) is 0 Å². The third kappa shape index (κ3) is 3.14. The molecule has 2 aromatic carbocycles. The highest BCUT2D eigenvalue weighted by Crippen LogP contribution is 2.16. The molecular weight excluding hydrogens is 272 g/mol. The summed E-state index contributed by atoms with van der Waals surface area (Å²) >= 11 is 0. The third-order valence-corrected chi connectivity index (χ3v) is 4.26. The van der Waals surface area contributed by atoms with Gasteiger partial charge >= 0.3 is 0 Å². The van der Waals surface area contributed by atoms with Crippen molar-refractivity contribution in [2.75, 3.05) is 6.26 Å². The number of ketones is 1. The van der Waals surface area contributed by atoms with Crippen LogP contribution >= 0.6 is 0 Å². The zero-order valence-corrected chi connectivity index (χ0v) is 12.3. The Hall–Kier alpha value is -1.94. The van der Waals surface area contributed by atoms with E-state index < -0.39 is 9.84 Å². The topological polar surface area (TPSA) is 51.2 Å². The number of aryl methyl sites for hydroxylation is 1. The molecule has 2 rings (SSSR count). The molecule has 0 heterocycles. The highest BCUT2D eigenvalue weighted by atomic mass is 32.2. The first kappa shape index (κ1) is 14.5. The standard InChI is InChI=1S/C16H16O3S/c1-3-12-7-9-13(10-8-12)16(17)14-5-4-6-15(11-14)20(2,18)19/h4-11H,3H2,1-2H3. The van der Waals surface area contributed by atoms with Gasteiger partial charge in [-0.05, 0) is 24.1 Å². The van der Waals surface area contributed by atoms with Crippen LogP contribution in [0.25, 0.3) is 0 Å². The molecule has 0 unspecified atom stereocenters. The Bertz CT molecular complexity index is 729. The first-order valence-electron chi connectivity index (χ1n) is 6.35. The molecule has 0 saturated carbocycles. The van der Waals surface area contributed by atoms with Gasteiger partial charge in [0.15, 0.2) is 15.6 Å². The molecule has 0 aliphatic rings. The van der Waals surface area contributed by atoms with E-state index in [0.29, 0.717) is 11.1 Å². The molecule has 0 amide bonds. The van der Waals surface area contributed by atoms with E-state index in [0.717, 1.165) is 18.2 Å². The van der Waals surface area contributed by atoms with Crippen LogP contribution < -0.4 is 0 Å². The summed E-state index contributed by atoms with van der Waals surface area (Å²) in [5.74, 6) is -0.168. The lowest BCUT2D eigenvalue weighted by Gasteiger charge is -2.04. The second-order valence-corrected chi connectivity index (χ2v) is 6.70. The van der Waals surface area contributed by atoms with Gasteiger partial charge in [-0.1, -0.05) is 43.3 Å². The zero-order chi connectivity index (χ0) is 14.8. The molecule has 0 atom stereocenters. The number of hydrogen-bond acceptors (Lipinski definition) is 3. The summed E-state index contributed by atoms with van der Waals surface area (Å²) in [7, 11) is -3.30. The van der Waals surface area contributed by atoms with Crippen LogP contribution in [0.3, 0.4) is 0 Å². The van der Waals surface area contributed by atoms with Crippen LogP contribution in [0.1, 0.15) is 28.4 Å². The second-order valence-electron chi connectivity index (χ2n) is 4.68.